The zero-order valence-corrected chi connectivity index (χ0v) is 13.9. The number of halogens is 1. The van der Waals surface area contributed by atoms with Gasteiger partial charge in [-0.25, -0.2) is 0 Å². The van der Waals surface area contributed by atoms with Gasteiger partial charge < -0.3 is 10.1 Å². The highest BCUT2D eigenvalue weighted by Gasteiger charge is 2.09. The summed E-state index contributed by atoms with van der Waals surface area (Å²) in [5.41, 5.74) is 2.79. The molecule has 0 aromatic heterocycles. The van der Waals surface area contributed by atoms with E-state index in [4.69, 9.17) is 10.00 Å². The molecule has 2 rings (SSSR count). The summed E-state index contributed by atoms with van der Waals surface area (Å²) in [5, 5.41) is 12.2. The van der Waals surface area contributed by atoms with E-state index in [1.807, 2.05) is 18.2 Å². The molecule has 0 fully saturated rings. The van der Waals surface area contributed by atoms with Gasteiger partial charge in [0.2, 0.25) is 0 Å². The largest absolute Gasteiger partial charge is 0.496 e. The second-order valence-electron chi connectivity index (χ2n) is 4.75. The van der Waals surface area contributed by atoms with Crippen molar-refractivity contribution in [1.29, 1.82) is 5.26 Å². The molecular formula is C17H15BrN2O2. The van der Waals surface area contributed by atoms with Crippen LogP contribution in [0.3, 0.4) is 0 Å². The van der Waals surface area contributed by atoms with Crippen LogP contribution in [0.25, 0.3) is 0 Å². The fourth-order valence-electron chi connectivity index (χ4n) is 2.08. The highest BCUT2D eigenvalue weighted by atomic mass is 79.9. The molecule has 0 amide bonds. The Bertz CT molecular complexity index is 751. The molecule has 0 aliphatic carbocycles. The van der Waals surface area contributed by atoms with Crippen molar-refractivity contribution < 1.29 is 9.53 Å². The highest BCUT2D eigenvalue weighted by Crippen LogP contribution is 2.26. The van der Waals surface area contributed by atoms with Crippen LogP contribution < -0.4 is 10.1 Å². The number of anilines is 1. The fourth-order valence-corrected chi connectivity index (χ4v) is 2.67. The molecule has 22 heavy (non-hydrogen) atoms. The molecule has 0 radical (unpaired) electrons. The molecule has 0 atom stereocenters. The lowest BCUT2D eigenvalue weighted by molar-refractivity contribution is 0.101. The van der Waals surface area contributed by atoms with Crippen molar-refractivity contribution in [2.24, 2.45) is 0 Å². The Morgan fingerprint density at radius 3 is 2.68 bits per heavy atom. The number of methoxy groups -OCH3 is 1. The molecule has 0 bridgehead atoms. The third-order valence-electron chi connectivity index (χ3n) is 3.23. The van der Waals surface area contributed by atoms with Crippen LogP contribution in [0.2, 0.25) is 0 Å². The molecule has 4 nitrogen and oxygen atoms in total. The average Bonchev–Trinajstić information content (AvgIpc) is 2.52. The van der Waals surface area contributed by atoms with Crippen LogP contribution in [0.1, 0.15) is 28.4 Å². The first-order valence-electron chi connectivity index (χ1n) is 6.66. The van der Waals surface area contributed by atoms with Crippen molar-refractivity contribution in [2.75, 3.05) is 12.4 Å². The summed E-state index contributed by atoms with van der Waals surface area (Å²) in [6, 6.07) is 12.9. The quantitative estimate of drug-likeness (QED) is 0.815. The number of benzene rings is 2. The number of carbonyl (C=O) groups is 1. The van der Waals surface area contributed by atoms with Crippen LogP contribution in [-0.2, 0) is 6.54 Å². The van der Waals surface area contributed by atoms with E-state index in [-0.39, 0.29) is 5.78 Å². The maximum absolute atomic E-state index is 11.7. The van der Waals surface area contributed by atoms with Gasteiger partial charge in [-0.3, -0.25) is 4.79 Å². The Labute approximate surface area is 137 Å². The van der Waals surface area contributed by atoms with E-state index in [0.29, 0.717) is 23.4 Å². The number of Topliss-reactive ketones (excluding diaryl/α,β-unsaturated/α-hetero) is 1. The van der Waals surface area contributed by atoms with E-state index < -0.39 is 0 Å². The number of rotatable bonds is 5. The van der Waals surface area contributed by atoms with Gasteiger partial charge in [-0.1, -0.05) is 6.07 Å². The van der Waals surface area contributed by atoms with Crippen molar-refractivity contribution in [3.05, 3.63) is 57.6 Å². The topological polar surface area (TPSA) is 62.1 Å². The maximum Gasteiger partial charge on any atom is 0.161 e. The van der Waals surface area contributed by atoms with Gasteiger partial charge in [0.15, 0.2) is 5.78 Å². The van der Waals surface area contributed by atoms with Crippen LogP contribution >= 0.6 is 15.9 Å². The third kappa shape index (κ3) is 3.66. The summed E-state index contributed by atoms with van der Waals surface area (Å²) < 4.78 is 6.06. The Morgan fingerprint density at radius 2 is 2.09 bits per heavy atom. The lowest BCUT2D eigenvalue weighted by Crippen LogP contribution is -2.05. The summed E-state index contributed by atoms with van der Waals surface area (Å²) in [4.78, 5) is 11.7. The molecule has 0 aliphatic rings. The SMILES string of the molecule is COc1ccc(CNc2cc(C#N)ccc2C(C)=O)cc1Br. The lowest BCUT2D eigenvalue weighted by atomic mass is 10.1. The molecule has 0 saturated heterocycles. The molecule has 2 aromatic rings. The number of nitrogens with one attached hydrogen (secondary N) is 1. The van der Waals surface area contributed by atoms with Gasteiger partial charge in [-0.05, 0) is 58.7 Å². The van der Waals surface area contributed by atoms with E-state index in [1.165, 1.54) is 6.92 Å². The molecule has 0 spiro atoms. The first-order chi connectivity index (χ1) is 10.5. The molecule has 5 heteroatoms. The predicted molar refractivity (Wildman–Crippen MR) is 89.2 cm³/mol. The smallest absolute Gasteiger partial charge is 0.161 e. The van der Waals surface area contributed by atoms with Gasteiger partial charge >= 0.3 is 0 Å². The molecule has 0 aliphatic heterocycles. The molecular weight excluding hydrogens is 344 g/mol. The third-order valence-corrected chi connectivity index (χ3v) is 3.85. The number of carbonyl (C=O) groups excluding carboxylic acids is 1. The molecule has 1 N–H and O–H groups in total. The van der Waals surface area contributed by atoms with Gasteiger partial charge in [0.25, 0.3) is 0 Å². The van der Waals surface area contributed by atoms with Gasteiger partial charge in [-0.15, -0.1) is 0 Å². The normalized spacial score (nSPS) is 9.91. The van der Waals surface area contributed by atoms with Crippen LogP contribution in [0.5, 0.6) is 5.75 Å². The number of hydrogen-bond acceptors (Lipinski definition) is 4. The van der Waals surface area contributed by atoms with E-state index in [1.54, 1.807) is 25.3 Å². The first-order valence-corrected chi connectivity index (χ1v) is 7.46. The number of nitrogens with zero attached hydrogens (tertiary/aromatic N) is 1. The summed E-state index contributed by atoms with van der Waals surface area (Å²) in [6.45, 7) is 2.05. The molecule has 0 heterocycles. The Hall–Kier alpha value is -2.32. The first kappa shape index (κ1) is 16.1. The van der Waals surface area contributed by atoms with E-state index in [2.05, 4.69) is 27.3 Å². The van der Waals surface area contributed by atoms with Gasteiger partial charge in [0.05, 0.1) is 23.2 Å². The zero-order valence-electron chi connectivity index (χ0n) is 12.3. The minimum absolute atomic E-state index is 0.0390. The highest BCUT2D eigenvalue weighted by molar-refractivity contribution is 9.10. The Kier molecular flexibility index (Phi) is 5.18. The minimum atomic E-state index is -0.0390. The summed E-state index contributed by atoms with van der Waals surface area (Å²) in [7, 11) is 1.62. The van der Waals surface area contributed by atoms with E-state index >= 15 is 0 Å². The maximum atomic E-state index is 11.7. The number of nitriles is 1. The lowest BCUT2D eigenvalue weighted by Gasteiger charge is -2.12. The number of hydrogen-bond donors (Lipinski definition) is 1. The van der Waals surface area contributed by atoms with Gasteiger partial charge in [0, 0.05) is 17.8 Å². The zero-order chi connectivity index (χ0) is 16.1. The summed E-state index contributed by atoms with van der Waals surface area (Å²) in [6.07, 6.45) is 0. The van der Waals surface area contributed by atoms with Crippen LogP contribution in [0.15, 0.2) is 40.9 Å². The predicted octanol–water partition coefficient (Wildman–Crippen LogP) is 4.14. The van der Waals surface area contributed by atoms with Crippen LogP contribution in [-0.4, -0.2) is 12.9 Å². The average molecular weight is 359 g/mol. The molecule has 0 saturated carbocycles. The molecule has 0 unspecified atom stereocenters. The van der Waals surface area contributed by atoms with Gasteiger partial charge in [-0.2, -0.15) is 5.26 Å². The second-order valence-corrected chi connectivity index (χ2v) is 5.61. The molecule has 2 aromatic carbocycles. The van der Waals surface area contributed by atoms with Crippen LogP contribution in [0, 0.1) is 11.3 Å². The second kappa shape index (κ2) is 7.10. The summed E-state index contributed by atoms with van der Waals surface area (Å²) in [5.74, 6) is 0.725. The monoisotopic (exact) mass is 358 g/mol. The van der Waals surface area contributed by atoms with Crippen LogP contribution in [0.4, 0.5) is 5.69 Å². The van der Waals surface area contributed by atoms with Crippen molar-refractivity contribution in [3.8, 4) is 11.8 Å². The summed E-state index contributed by atoms with van der Waals surface area (Å²) >= 11 is 3.44. The standard InChI is InChI=1S/C17H15BrN2O2/c1-11(21)14-5-3-12(9-19)8-16(14)20-10-13-4-6-17(22-2)15(18)7-13/h3-8,20H,10H2,1-2H3. The van der Waals surface area contributed by atoms with Crippen molar-refractivity contribution >= 4 is 27.4 Å². The van der Waals surface area contributed by atoms with Crippen molar-refractivity contribution in [2.45, 2.75) is 13.5 Å². The van der Waals surface area contributed by atoms with Crippen molar-refractivity contribution in [1.82, 2.24) is 0 Å². The minimum Gasteiger partial charge on any atom is -0.496 e. The molecule has 112 valence electrons. The van der Waals surface area contributed by atoms with Gasteiger partial charge in [0.1, 0.15) is 5.75 Å². The van der Waals surface area contributed by atoms with Crippen molar-refractivity contribution in [3.63, 3.8) is 0 Å². The number of ketones is 1. The van der Waals surface area contributed by atoms with E-state index in [9.17, 15) is 4.79 Å². The Morgan fingerprint density at radius 1 is 1.32 bits per heavy atom. The Balaban J connectivity index is 2.22. The van der Waals surface area contributed by atoms with E-state index in [0.717, 1.165) is 15.8 Å². The number of ether oxygens (including phenoxy) is 1. The fraction of sp³-hybridized carbons (Fsp3) is 0.176.